The Hall–Kier alpha value is -2.85. The van der Waals surface area contributed by atoms with Gasteiger partial charge in [0.05, 0.1) is 18.2 Å². The van der Waals surface area contributed by atoms with Crippen LogP contribution in [0.4, 0.5) is 5.82 Å². The molecule has 24 heavy (non-hydrogen) atoms. The van der Waals surface area contributed by atoms with E-state index in [9.17, 15) is 9.59 Å². The van der Waals surface area contributed by atoms with Gasteiger partial charge >= 0.3 is 5.69 Å². The van der Waals surface area contributed by atoms with Crippen LogP contribution in [0.1, 0.15) is 24.0 Å². The first-order valence-electron chi connectivity index (χ1n) is 7.90. The number of hydrogen-bond acceptors (Lipinski definition) is 5. The molecule has 0 saturated carbocycles. The number of nitrogens with two attached hydrogens (primary N) is 1. The highest BCUT2D eigenvalue weighted by Gasteiger charge is 2.18. The van der Waals surface area contributed by atoms with E-state index in [1.165, 1.54) is 6.07 Å². The van der Waals surface area contributed by atoms with Crippen molar-refractivity contribution in [3.05, 3.63) is 62.3 Å². The quantitative estimate of drug-likeness (QED) is 0.848. The lowest BCUT2D eigenvalue weighted by molar-refractivity contribution is 0.501. The van der Waals surface area contributed by atoms with Crippen molar-refractivity contribution in [1.29, 1.82) is 5.26 Å². The van der Waals surface area contributed by atoms with Crippen molar-refractivity contribution >= 4 is 5.82 Å². The Morgan fingerprint density at radius 1 is 1.29 bits per heavy atom. The number of nitrogens with one attached hydrogen (secondary N) is 1. The highest BCUT2D eigenvalue weighted by molar-refractivity contribution is 5.38. The molecule has 1 saturated heterocycles. The van der Waals surface area contributed by atoms with Crippen molar-refractivity contribution in [2.75, 3.05) is 18.0 Å². The number of aromatic nitrogens is 2. The van der Waals surface area contributed by atoms with Crippen LogP contribution in [0, 0.1) is 11.3 Å². The molecule has 1 aromatic carbocycles. The number of aromatic amines is 1. The summed E-state index contributed by atoms with van der Waals surface area (Å²) in [4.78, 5) is 29.4. The van der Waals surface area contributed by atoms with E-state index in [2.05, 4.69) is 4.98 Å². The molecule has 7 heteroatoms. The van der Waals surface area contributed by atoms with Gasteiger partial charge in [-0.05, 0) is 30.5 Å². The van der Waals surface area contributed by atoms with Crippen LogP contribution in [0.2, 0.25) is 0 Å². The van der Waals surface area contributed by atoms with Crippen molar-refractivity contribution in [2.24, 2.45) is 5.73 Å². The molecule has 0 amide bonds. The van der Waals surface area contributed by atoms with Crippen LogP contribution in [0.3, 0.4) is 0 Å². The van der Waals surface area contributed by atoms with Gasteiger partial charge in [-0.2, -0.15) is 5.26 Å². The van der Waals surface area contributed by atoms with Crippen molar-refractivity contribution in [3.8, 4) is 6.07 Å². The van der Waals surface area contributed by atoms with Gasteiger partial charge in [0.2, 0.25) is 0 Å². The van der Waals surface area contributed by atoms with E-state index in [0.29, 0.717) is 17.9 Å². The third-order valence-electron chi connectivity index (χ3n) is 4.23. The summed E-state index contributed by atoms with van der Waals surface area (Å²) in [6, 6.07) is 10.3. The first-order valence-corrected chi connectivity index (χ1v) is 7.90. The Kier molecular flexibility index (Phi) is 4.49. The molecule has 0 spiro atoms. The van der Waals surface area contributed by atoms with Crippen LogP contribution >= 0.6 is 0 Å². The summed E-state index contributed by atoms with van der Waals surface area (Å²) in [7, 11) is 0. The fourth-order valence-corrected chi connectivity index (χ4v) is 2.92. The van der Waals surface area contributed by atoms with E-state index in [1.54, 1.807) is 24.3 Å². The predicted molar refractivity (Wildman–Crippen MR) is 91.0 cm³/mol. The minimum absolute atomic E-state index is 0.0586. The average molecular weight is 325 g/mol. The van der Waals surface area contributed by atoms with E-state index in [1.807, 2.05) is 11.0 Å². The molecule has 3 rings (SSSR count). The van der Waals surface area contributed by atoms with E-state index in [0.717, 1.165) is 29.5 Å². The lowest BCUT2D eigenvalue weighted by Gasteiger charge is -2.31. The molecule has 0 bridgehead atoms. The molecule has 1 aromatic heterocycles. The number of benzene rings is 1. The summed E-state index contributed by atoms with van der Waals surface area (Å²) in [5.74, 6) is 0.524. The summed E-state index contributed by atoms with van der Waals surface area (Å²) in [6.45, 7) is 1.58. The monoisotopic (exact) mass is 325 g/mol. The number of rotatable bonds is 3. The van der Waals surface area contributed by atoms with Crippen molar-refractivity contribution < 1.29 is 0 Å². The minimum Gasteiger partial charge on any atom is -0.356 e. The smallest absolute Gasteiger partial charge is 0.330 e. The van der Waals surface area contributed by atoms with Gasteiger partial charge in [0.25, 0.3) is 5.56 Å². The van der Waals surface area contributed by atoms with Crippen molar-refractivity contribution in [2.45, 2.75) is 25.4 Å². The number of piperidine rings is 1. The highest BCUT2D eigenvalue weighted by atomic mass is 16.2. The second kappa shape index (κ2) is 6.72. The molecular weight excluding hydrogens is 306 g/mol. The maximum atomic E-state index is 12.3. The molecule has 1 fully saturated rings. The average Bonchev–Trinajstić information content (AvgIpc) is 2.58. The molecule has 0 aliphatic carbocycles. The van der Waals surface area contributed by atoms with Crippen LogP contribution < -0.4 is 21.9 Å². The number of nitriles is 1. The van der Waals surface area contributed by atoms with E-state index < -0.39 is 5.69 Å². The first kappa shape index (κ1) is 16.0. The summed E-state index contributed by atoms with van der Waals surface area (Å²) in [5.41, 5.74) is 6.49. The van der Waals surface area contributed by atoms with Crippen LogP contribution in [0.5, 0.6) is 0 Å². The van der Waals surface area contributed by atoms with E-state index in [4.69, 9.17) is 11.0 Å². The number of H-pyrrole nitrogens is 1. The topological polar surface area (TPSA) is 108 Å². The molecule has 7 nitrogen and oxygen atoms in total. The normalized spacial score (nSPS) is 17.5. The van der Waals surface area contributed by atoms with Crippen molar-refractivity contribution in [1.82, 2.24) is 9.55 Å². The zero-order chi connectivity index (χ0) is 17.1. The van der Waals surface area contributed by atoms with Gasteiger partial charge in [0, 0.05) is 25.2 Å². The fourth-order valence-electron chi connectivity index (χ4n) is 2.92. The van der Waals surface area contributed by atoms with E-state index in [-0.39, 0.29) is 18.1 Å². The standard InChI is InChI=1S/C17H19N5O2/c18-9-12-3-5-13(6-4-12)10-22-16(23)8-15(20-17(22)24)21-7-1-2-14(19)11-21/h3-6,8,14H,1-2,7,10-11,19H2,(H,20,24). The molecule has 0 radical (unpaired) electrons. The van der Waals surface area contributed by atoms with Gasteiger partial charge in [-0.15, -0.1) is 0 Å². The third-order valence-corrected chi connectivity index (χ3v) is 4.23. The SMILES string of the molecule is N#Cc1ccc(Cn2c(=O)cc(N3CCCC(N)C3)[nH]c2=O)cc1. The third kappa shape index (κ3) is 3.39. The maximum absolute atomic E-state index is 12.3. The Morgan fingerprint density at radius 2 is 2.04 bits per heavy atom. The zero-order valence-electron chi connectivity index (χ0n) is 13.2. The minimum atomic E-state index is -0.444. The second-order valence-corrected chi connectivity index (χ2v) is 6.04. The lowest BCUT2D eigenvalue weighted by atomic mass is 10.1. The van der Waals surface area contributed by atoms with Crippen LogP contribution in [-0.2, 0) is 6.54 Å². The molecule has 1 atom stereocenters. The van der Waals surface area contributed by atoms with Gasteiger partial charge in [0.15, 0.2) is 0 Å². The fraction of sp³-hybridized carbons (Fsp3) is 0.353. The Balaban J connectivity index is 1.86. The van der Waals surface area contributed by atoms with Gasteiger partial charge in [-0.25, -0.2) is 4.79 Å². The second-order valence-electron chi connectivity index (χ2n) is 6.04. The molecular formula is C17H19N5O2. The zero-order valence-corrected chi connectivity index (χ0v) is 13.2. The number of nitrogens with zero attached hydrogens (tertiary/aromatic N) is 3. The predicted octanol–water partition coefficient (Wildman–Crippen LogP) is 0.384. The van der Waals surface area contributed by atoms with E-state index >= 15 is 0 Å². The van der Waals surface area contributed by atoms with Gasteiger partial charge in [-0.3, -0.25) is 14.3 Å². The van der Waals surface area contributed by atoms with Crippen LogP contribution in [0.15, 0.2) is 39.9 Å². The molecule has 1 aliphatic rings. The number of hydrogen-bond donors (Lipinski definition) is 2. The van der Waals surface area contributed by atoms with Gasteiger partial charge in [-0.1, -0.05) is 12.1 Å². The summed E-state index contributed by atoms with van der Waals surface area (Å²) in [6.07, 6.45) is 1.90. The Bertz CT molecular complexity index is 844. The molecule has 3 N–H and O–H groups in total. The summed E-state index contributed by atoms with van der Waals surface area (Å²) >= 11 is 0. The molecule has 1 aliphatic heterocycles. The van der Waals surface area contributed by atoms with Gasteiger partial charge < -0.3 is 10.6 Å². The number of anilines is 1. The Labute approximate surface area is 139 Å². The molecule has 124 valence electrons. The van der Waals surface area contributed by atoms with Crippen LogP contribution in [0.25, 0.3) is 0 Å². The molecule has 1 unspecified atom stereocenters. The Morgan fingerprint density at radius 3 is 2.67 bits per heavy atom. The van der Waals surface area contributed by atoms with Crippen LogP contribution in [-0.4, -0.2) is 28.7 Å². The van der Waals surface area contributed by atoms with Gasteiger partial charge in [0.1, 0.15) is 5.82 Å². The first-order chi connectivity index (χ1) is 11.6. The largest absolute Gasteiger partial charge is 0.356 e. The molecule has 2 aromatic rings. The maximum Gasteiger partial charge on any atom is 0.330 e. The summed E-state index contributed by atoms with van der Waals surface area (Å²) < 4.78 is 1.15. The summed E-state index contributed by atoms with van der Waals surface area (Å²) in [5, 5.41) is 8.81. The highest BCUT2D eigenvalue weighted by Crippen LogP contribution is 2.14. The molecule has 2 heterocycles. The lowest BCUT2D eigenvalue weighted by Crippen LogP contribution is -2.45. The van der Waals surface area contributed by atoms with Crippen molar-refractivity contribution in [3.63, 3.8) is 0 Å².